The predicted octanol–water partition coefficient (Wildman–Crippen LogP) is 7.06. The van der Waals surface area contributed by atoms with Crippen LogP contribution in [0.15, 0.2) is 102 Å². The van der Waals surface area contributed by atoms with Crippen molar-refractivity contribution in [3.8, 4) is 5.75 Å². The van der Waals surface area contributed by atoms with Crippen LogP contribution in [0.5, 0.6) is 5.75 Å². The van der Waals surface area contributed by atoms with Gasteiger partial charge in [-0.2, -0.15) is 0 Å². The molecule has 4 aromatic carbocycles. The van der Waals surface area contributed by atoms with Gasteiger partial charge < -0.3 is 15.0 Å². The Bertz CT molecular complexity index is 1730. The van der Waals surface area contributed by atoms with Gasteiger partial charge in [0, 0.05) is 35.1 Å². The maximum atomic E-state index is 14.6. The number of amides is 2. The lowest BCUT2D eigenvalue weighted by molar-refractivity contribution is -0.140. The van der Waals surface area contributed by atoms with Crippen molar-refractivity contribution in [2.24, 2.45) is 0 Å². The molecule has 11 heteroatoms. The van der Waals surface area contributed by atoms with Gasteiger partial charge in [0.15, 0.2) is 0 Å². The minimum Gasteiger partial charge on any atom is -0.494 e. The third-order valence-corrected chi connectivity index (χ3v) is 10.0. The van der Waals surface area contributed by atoms with Crippen molar-refractivity contribution >= 4 is 50.7 Å². The molecule has 8 nitrogen and oxygen atoms in total. The fourth-order valence-electron chi connectivity index (χ4n) is 5.02. The van der Waals surface area contributed by atoms with Crippen LogP contribution in [0.4, 0.5) is 5.69 Å². The van der Waals surface area contributed by atoms with E-state index >= 15 is 0 Å². The number of hydrogen-bond acceptors (Lipinski definition) is 5. The molecule has 2 amide bonds. The maximum Gasteiger partial charge on any atom is 0.264 e. The molecule has 0 fully saturated rings. The van der Waals surface area contributed by atoms with Gasteiger partial charge in [-0.3, -0.25) is 13.9 Å². The van der Waals surface area contributed by atoms with Crippen LogP contribution in [-0.2, 0) is 32.6 Å². The van der Waals surface area contributed by atoms with Crippen LogP contribution in [-0.4, -0.2) is 50.9 Å². The lowest BCUT2D eigenvalue weighted by Crippen LogP contribution is -2.53. The number of rotatable bonds is 15. The summed E-state index contributed by atoms with van der Waals surface area (Å²) in [7, 11) is -4.26. The normalized spacial score (nSPS) is 11.9. The molecule has 0 bridgehead atoms. The zero-order valence-corrected chi connectivity index (χ0v) is 29.0. The summed E-state index contributed by atoms with van der Waals surface area (Å²) < 4.78 is 35.0. The van der Waals surface area contributed by atoms with Crippen molar-refractivity contribution in [3.05, 3.63) is 124 Å². The van der Waals surface area contributed by atoms with E-state index in [0.29, 0.717) is 46.6 Å². The zero-order valence-electron chi connectivity index (χ0n) is 26.7. The fourth-order valence-corrected chi connectivity index (χ4v) is 6.95. The van der Waals surface area contributed by atoms with E-state index in [2.05, 4.69) is 5.32 Å². The number of benzene rings is 4. The topological polar surface area (TPSA) is 96.0 Å². The van der Waals surface area contributed by atoms with E-state index in [4.69, 9.17) is 27.9 Å². The van der Waals surface area contributed by atoms with Gasteiger partial charge in [0.25, 0.3) is 10.0 Å². The lowest BCUT2D eigenvalue weighted by Gasteiger charge is -2.34. The summed E-state index contributed by atoms with van der Waals surface area (Å²) >= 11 is 13.1. The van der Waals surface area contributed by atoms with Crippen LogP contribution in [0.3, 0.4) is 0 Å². The van der Waals surface area contributed by atoms with E-state index in [1.165, 1.54) is 17.0 Å². The quantitative estimate of drug-likeness (QED) is 0.144. The van der Waals surface area contributed by atoms with Crippen LogP contribution >= 0.6 is 23.2 Å². The minimum absolute atomic E-state index is 0.0171. The first-order valence-electron chi connectivity index (χ1n) is 15.4. The number of carbonyl (C=O) groups excluding carboxylic acids is 2. The molecule has 0 heterocycles. The van der Waals surface area contributed by atoms with Gasteiger partial charge in [-0.1, -0.05) is 84.2 Å². The molecule has 0 spiro atoms. The Labute approximate surface area is 287 Å². The zero-order chi connectivity index (χ0) is 34.0. The van der Waals surface area contributed by atoms with Crippen molar-refractivity contribution in [1.29, 1.82) is 0 Å². The van der Waals surface area contributed by atoms with Crippen molar-refractivity contribution in [2.45, 2.75) is 51.1 Å². The second-order valence-corrected chi connectivity index (χ2v) is 13.6. The van der Waals surface area contributed by atoms with E-state index in [1.807, 2.05) is 51.1 Å². The molecule has 4 aromatic rings. The molecule has 1 N–H and O–H groups in total. The summed E-state index contributed by atoms with van der Waals surface area (Å²) in [5, 5.41) is 3.56. The van der Waals surface area contributed by atoms with Crippen LogP contribution in [0.1, 0.15) is 37.0 Å². The van der Waals surface area contributed by atoms with Crippen LogP contribution in [0.2, 0.25) is 10.0 Å². The first-order valence-corrected chi connectivity index (χ1v) is 17.6. The summed E-state index contributed by atoms with van der Waals surface area (Å²) in [6, 6.07) is 26.2. The second kappa shape index (κ2) is 16.7. The first-order chi connectivity index (χ1) is 22.5. The number of sulfonamides is 1. The number of nitrogens with one attached hydrogen (secondary N) is 1. The highest BCUT2D eigenvalue weighted by atomic mass is 35.5. The molecule has 47 heavy (non-hydrogen) atoms. The van der Waals surface area contributed by atoms with E-state index in [9.17, 15) is 18.0 Å². The van der Waals surface area contributed by atoms with Gasteiger partial charge in [0.05, 0.1) is 17.2 Å². The Balaban J connectivity index is 1.81. The summed E-state index contributed by atoms with van der Waals surface area (Å²) in [6.45, 7) is 5.78. The molecule has 0 saturated carbocycles. The van der Waals surface area contributed by atoms with Gasteiger partial charge >= 0.3 is 0 Å². The fraction of sp³-hybridized carbons (Fsp3) is 0.278. The van der Waals surface area contributed by atoms with Crippen molar-refractivity contribution in [2.75, 3.05) is 24.0 Å². The van der Waals surface area contributed by atoms with Crippen LogP contribution in [0.25, 0.3) is 0 Å². The Morgan fingerprint density at radius 1 is 0.851 bits per heavy atom. The van der Waals surface area contributed by atoms with Crippen molar-refractivity contribution in [1.82, 2.24) is 10.2 Å². The summed E-state index contributed by atoms with van der Waals surface area (Å²) in [4.78, 5) is 29.7. The molecule has 4 rings (SSSR count). The number of ether oxygens (including phenoxy) is 1. The highest BCUT2D eigenvalue weighted by Crippen LogP contribution is 2.29. The molecule has 0 saturated heterocycles. The predicted molar refractivity (Wildman–Crippen MR) is 188 cm³/mol. The van der Waals surface area contributed by atoms with E-state index in [1.54, 1.807) is 54.6 Å². The molecule has 1 unspecified atom stereocenters. The number of halogens is 2. The van der Waals surface area contributed by atoms with Gasteiger partial charge in [0.2, 0.25) is 11.8 Å². The smallest absolute Gasteiger partial charge is 0.264 e. The highest BCUT2D eigenvalue weighted by molar-refractivity contribution is 7.92. The number of nitrogens with zero attached hydrogens (tertiary/aromatic N) is 2. The average Bonchev–Trinajstić information content (AvgIpc) is 3.06. The molecule has 0 radical (unpaired) electrons. The molecule has 0 aliphatic rings. The summed E-state index contributed by atoms with van der Waals surface area (Å²) in [6.07, 6.45) is 0.871. The monoisotopic (exact) mass is 695 g/mol. The van der Waals surface area contributed by atoms with Crippen LogP contribution in [0, 0.1) is 6.92 Å². The molecule has 0 aliphatic carbocycles. The van der Waals surface area contributed by atoms with Gasteiger partial charge in [-0.15, -0.1) is 0 Å². The third kappa shape index (κ3) is 9.28. The Hall–Kier alpha value is -4.05. The van der Waals surface area contributed by atoms with E-state index in [0.717, 1.165) is 15.4 Å². The van der Waals surface area contributed by atoms with Gasteiger partial charge in [0.1, 0.15) is 18.3 Å². The highest BCUT2D eigenvalue weighted by Gasteiger charge is 2.35. The Morgan fingerprint density at radius 2 is 1.49 bits per heavy atom. The molecule has 0 aromatic heterocycles. The Kier molecular flexibility index (Phi) is 12.7. The summed E-state index contributed by atoms with van der Waals surface area (Å²) in [5.41, 5.74) is 2.49. The number of hydrogen-bond donors (Lipinski definition) is 1. The number of carbonyl (C=O) groups is 2. The standard InChI is InChI=1S/C36H39Cl2N3O5S/c1-4-22-39-36(43)34(23-27-10-7-6-8-11-27)40(24-31-32(37)12-9-13-33(31)38)35(42)25-41(28-16-14-26(3)15-17-28)47(44,45)30-20-18-29(19-21-30)46-5-2/h6-21,34H,4-5,22-25H2,1-3H3,(H,39,43). The molecule has 0 aliphatic heterocycles. The lowest BCUT2D eigenvalue weighted by atomic mass is 10.0. The molecule has 1 atom stereocenters. The summed E-state index contributed by atoms with van der Waals surface area (Å²) in [5.74, 6) is -0.457. The second-order valence-electron chi connectivity index (χ2n) is 11.0. The largest absolute Gasteiger partial charge is 0.494 e. The van der Waals surface area contributed by atoms with Crippen molar-refractivity contribution < 1.29 is 22.7 Å². The van der Waals surface area contributed by atoms with E-state index in [-0.39, 0.29) is 23.8 Å². The molecular formula is C36H39Cl2N3O5S. The minimum atomic E-state index is -4.26. The molecular weight excluding hydrogens is 657 g/mol. The maximum absolute atomic E-state index is 14.6. The van der Waals surface area contributed by atoms with Gasteiger partial charge in [-0.25, -0.2) is 8.42 Å². The Morgan fingerprint density at radius 3 is 2.09 bits per heavy atom. The SMILES string of the molecule is CCCNC(=O)C(Cc1ccccc1)N(Cc1c(Cl)cccc1Cl)C(=O)CN(c1ccc(C)cc1)S(=O)(=O)c1ccc(OCC)cc1. The van der Waals surface area contributed by atoms with Crippen molar-refractivity contribution in [3.63, 3.8) is 0 Å². The number of aryl methyl sites for hydroxylation is 1. The van der Waals surface area contributed by atoms with E-state index < -0.39 is 28.5 Å². The first kappa shape index (κ1) is 35.8. The van der Waals surface area contributed by atoms with Gasteiger partial charge in [-0.05, 0) is 74.4 Å². The van der Waals surface area contributed by atoms with Crippen LogP contribution < -0.4 is 14.4 Å². The third-order valence-electron chi connectivity index (χ3n) is 7.53. The average molecular weight is 697 g/mol. The number of anilines is 1. The molecule has 248 valence electrons.